The van der Waals surface area contributed by atoms with Gasteiger partial charge in [-0.1, -0.05) is 6.07 Å². The predicted molar refractivity (Wildman–Crippen MR) is 130 cm³/mol. The average molecular weight is 496 g/mol. The number of pyridine rings is 1. The molecule has 0 radical (unpaired) electrons. The number of carbonyl (C=O) groups excluding carboxylic acids is 1. The van der Waals surface area contributed by atoms with Gasteiger partial charge >= 0.3 is 12.2 Å². The summed E-state index contributed by atoms with van der Waals surface area (Å²) in [4.78, 5) is 26.2. The van der Waals surface area contributed by atoms with Crippen molar-refractivity contribution >= 4 is 28.3 Å². The van der Waals surface area contributed by atoms with Crippen molar-refractivity contribution < 1.29 is 22.7 Å². The number of rotatable bonds is 6. The van der Waals surface area contributed by atoms with E-state index in [0.29, 0.717) is 22.9 Å². The van der Waals surface area contributed by atoms with Crippen LogP contribution in [0.1, 0.15) is 16.8 Å². The summed E-state index contributed by atoms with van der Waals surface area (Å²) < 4.78 is 43.8. The normalized spacial score (nSPS) is 11.3. The topological polar surface area (TPSA) is 92.3 Å². The Hall–Kier alpha value is -4.41. The first-order valence-electron chi connectivity index (χ1n) is 10.9. The highest BCUT2D eigenvalue weighted by Crippen LogP contribution is 2.31. The van der Waals surface area contributed by atoms with E-state index in [1.165, 1.54) is 12.4 Å². The number of hydrogen-bond acceptors (Lipinski definition) is 6. The van der Waals surface area contributed by atoms with Crippen LogP contribution in [-0.4, -0.2) is 35.1 Å². The summed E-state index contributed by atoms with van der Waals surface area (Å²) in [5.41, 5.74) is 2.50. The fraction of sp³-hybridized carbons (Fsp3) is 0.200. The molecule has 11 heteroatoms. The molecular formula is C25H23F3N6O2. The van der Waals surface area contributed by atoms with Gasteiger partial charge in [0.05, 0.1) is 10.9 Å². The van der Waals surface area contributed by atoms with Crippen molar-refractivity contribution in [3.8, 4) is 11.6 Å². The Kier molecular flexibility index (Phi) is 6.91. The van der Waals surface area contributed by atoms with Crippen molar-refractivity contribution in [3.63, 3.8) is 0 Å². The monoisotopic (exact) mass is 496 g/mol. The van der Waals surface area contributed by atoms with Crippen LogP contribution in [0, 0.1) is 6.92 Å². The zero-order valence-corrected chi connectivity index (χ0v) is 19.7. The number of fused-ring (bicyclic) bond motifs is 1. The second-order valence-electron chi connectivity index (χ2n) is 8.21. The van der Waals surface area contributed by atoms with Crippen LogP contribution in [0.4, 0.5) is 29.3 Å². The molecule has 2 amide bonds. The molecule has 2 aromatic carbocycles. The molecule has 0 saturated heterocycles. The third-order valence-corrected chi connectivity index (χ3v) is 5.33. The van der Waals surface area contributed by atoms with Crippen LogP contribution in [0.15, 0.2) is 61.1 Å². The van der Waals surface area contributed by atoms with Gasteiger partial charge in [-0.05, 0) is 60.5 Å². The fourth-order valence-corrected chi connectivity index (χ4v) is 3.38. The number of aryl methyl sites for hydroxylation is 1. The van der Waals surface area contributed by atoms with Gasteiger partial charge in [-0.3, -0.25) is 4.98 Å². The molecule has 2 aromatic heterocycles. The molecule has 4 aromatic rings. The molecule has 0 fully saturated rings. The van der Waals surface area contributed by atoms with Crippen LogP contribution >= 0.6 is 0 Å². The van der Waals surface area contributed by atoms with Crippen molar-refractivity contribution in [2.24, 2.45) is 0 Å². The van der Waals surface area contributed by atoms with E-state index >= 15 is 0 Å². The van der Waals surface area contributed by atoms with E-state index in [9.17, 15) is 18.0 Å². The summed E-state index contributed by atoms with van der Waals surface area (Å²) in [6.07, 6.45) is -1.98. The molecule has 2 heterocycles. The summed E-state index contributed by atoms with van der Waals surface area (Å²) in [5, 5.41) is 6.08. The lowest BCUT2D eigenvalue weighted by atomic mass is 10.2. The van der Waals surface area contributed by atoms with Crippen molar-refractivity contribution in [3.05, 3.63) is 77.9 Å². The molecule has 0 aliphatic heterocycles. The number of anilines is 2. The average Bonchev–Trinajstić information content (AvgIpc) is 2.84. The molecule has 4 rings (SSSR count). The van der Waals surface area contributed by atoms with E-state index in [4.69, 9.17) is 4.74 Å². The van der Waals surface area contributed by atoms with Crippen LogP contribution in [0.3, 0.4) is 0 Å². The Morgan fingerprint density at radius 1 is 1.03 bits per heavy atom. The van der Waals surface area contributed by atoms with Crippen LogP contribution in [0.2, 0.25) is 0 Å². The Morgan fingerprint density at radius 2 is 1.83 bits per heavy atom. The zero-order chi connectivity index (χ0) is 25.9. The minimum atomic E-state index is -4.51. The smallest absolute Gasteiger partial charge is 0.433 e. The van der Waals surface area contributed by atoms with Crippen molar-refractivity contribution in [2.45, 2.75) is 19.6 Å². The van der Waals surface area contributed by atoms with E-state index in [2.05, 4.69) is 25.6 Å². The van der Waals surface area contributed by atoms with Crippen molar-refractivity contribution in [1.29, 1.82) is 0 Å². The van der Waals surface area contributed by atoms with Crippen LogP contribution in [-0.2, 0) is 12.7 Å². The largest absolute Gasteiger partial charge is 0.438 e. The van der Waals surface area contributed by atoms with E-state index in [0.717, 1.165) is 34.4 Å². The molecule has 0 saturated carbocycles. The number of hydrogen-bond donors (Lipinski definition) is 2. The molecule has 0 bridgehead atoms. The van der Waals surface area contributed by atoms with Gasteiger partial charge in [-0.25, -0.2) is 14.8 Å². The van der Waals surface area contributed by atoms with Gasteiger partial charge in [0.25, 0.3) is 0 Å². The molecule has 0 spiro atoms. The summed E-state index contributed by atoms with van der Waals surface area (Å²) in [6, 6.07) is 12.6. The number of nitrogens with one attached hydrogen (secondary N) is 2. The van der Waals surface area contributed by atoms with Gasteiger partial charge in [0.1, 0.15) is 17.8 Å². The molecule has 36 heavy (non-hydrogen) atoms. The van der Waals surface area contributed by atoms with Crippen molar-refractivity contribution in [1.82, 2.24) is 20.3 Å². The molecule has 186 valence electrons. The second kappa shape index (κ2) is 10.1. The van der Waals surface area contributed by atoms with Gasteiger partial charge in [-0.2, -0.15) is 13.2 Å². The Balaban J connectivity index is 1.39. The molecule has 0 aliphatic rings. The van der Waals surface area contributed by atoms with Crippen LogP contribution in [0.25, 0.3) is 10.9 Å². The number of benzene rings is 2. The SMILES string of the molecule is Cc1cc(Oc2ncnc3cc(N(C)C)ccc23)ccc1NC(=O)NCc1ccc(C(F)(F)F)nc1. The minimum Gasteiger partial charge on any atom is -0.438 e. The fourth-order valence-electron chi connectivity index (χ4n) is 3.38. The summed E-state index contributed by atoms with van der Waals surface area (Å²) in [7, 11) is 3.90. The van der Waals surface area contributed by atoms with Gasteiger partial charge in [0.15, 0.2) is 0 Å². The first-order chi connectivity index (χ1) is 17.1. The third-order valence-electron chi connectivity index (χ3n) is 5.33. The number of carbonyl (C=O) groups is 1. The Bertz CT molecular complexity index is 1390. The summed E-state index contributed by atoms with van der Waals surface area (Å²) in [5.74, 6) is 0.944. The standard InChI is InChI=1S/C25H23F3N6O2/c1-15-10-18(36-23-19-7-5-17(34(2)3)11-21(19)31-14-32-23)6-8-20(15)33-24(35)30-13-16-4-9-22(29-12-16)25(26,27)28/h4-12,14H,13H2,1-3H3,(H2,30,33,35). The number of aromatic nitrogens is 3. The van der Waals surface area contributed by atoms with Gasteiger partial charge < -0.3 is 20.3 Å². The minimum absolute atomic E-state index is 0.0214. The Morgan fingerprint density at radius 3 is 2.50 bits per heavy atom. The lowest BCUT2D eigenvalue weighted by molar-refractivity contribution is -0.141. The summed E-state index contributed by atoms with van der Waals surface area (Å²) in [6.45, 7) is 1.83. The van der Waals surface area contributed by atoms with E-state index in [-0.39, 0.29) is 6.54 Å². The number of alkyl halides is 3. The number of halogens is 3. The number of ether oxygens (including phenoxy) is 1. The number of nitrogens with zero attached hydrogens (tertiary/aromatic N) is 4. The maximum absolute atomic E-state index is 12.6. The molecule has 0 unspecified atom stereocenters. The zero-order valence-electron chi connectivity index (χ0n) is 19.7. The van der Waals surface area contributed by atoms with Gasteiger partial charge in [-0.15, -0.1) is 0 Å². The number of urea groups is 1. The third kappa shape index (κ3) is 5.80. The second-order valence-corrected chi connectivity index (χ2v) is 8.21. The van der Waals surface area contributed by atoms with E-state index in [1.807, 2.05) is 44.1 Å². The maximum atomic E-state index is 12.6. The lowest BCUT2D eigenvalue weighted by Gasteiger charge is -2.14. The predicted octanol–water partition coefficient (Wildman–Crippen LogP) is 5.53. The summed E-state index contributed by atoms with van der Waals surface area (Å²) >= 11 is 0. The lowest BCUT2D eigenvalue weighted by Crippen LogP contribution is -2.28. The van der Waals surface area contributed by atoms with Crippen molar-refractivity contribution in [2.75, 3.05) is 24.3 Å². The molecule has 8 nitrogen and oxygen atoms in total. The molecule has 0 atom stereocenters. The van der Waals surface area contributed by atoms with Gasteiger partial charge in [0, 0.05) is 38.2 Å². The van der Waals surface area contributed by atoms with Crippen LogP contribution in [0.5, 0.6) is 11.6 Å². The van der Waals surface area contributed by atoms with E-state index < -0.39 is 17.9 Å². The van der Waals surface area contributed by atoms with Crippen LogP contribution < -0.4 is 20.3 Å². The molecule has 2 N–H and O–H groups in total. The maximum Gasteiger partial charge on any atom is 0.433 e. The molecular weight excluding hydrogens is 473 g/mol. The quantitative estimate of drug-likeness (QED) is 0.365. The van der Waals surface area contributed by atoms with Gasteiger partial charge in [0.2, 0.25) is 5.88 Å². The highest BCUT2D eigenvalue weighted by atomic mass is 19.4. The number of amides is 2. The first-order valence-corrected chi connectivity index (χ1v) is 10.9. The highest BCUT2D eigenvalue weighted by Gasteiger charge is 2.32. The highest BCUT2D eigenvalue weighted by molar-refractivity contribution is 5.90. The molecule has 0 aliphatic carbocycles. The first kappa shape index (κ1) is 24.7. The Labute approximate surface area is 205 Å². The van der Waals surface area contributed by atoms with E-state index in [1.54, 1.807) is 18.2 Å².